The van der Waals surface area contributed by atoms with Crippen molar-refractivity contribution in [2.24, 2.45) is 0 Å². The fourth-order valence-electron chi connectivity index (χ4n) is 0.931. The molecule has 11 heavy (non-hydrogen) atoms. The molecule has 2 nitrogen and oxygen atoms in total. The first-order valence-electron chi connectivity index (χ1n) is 3.25. The molecule has 0 heterocycles. The number of phenols is 1. The lowest BCUT2D eigenvalue weighted by Crippen LogP contribution is -1.86. The van der Waals surface area contributed by atoms with Gasteiger partial charge < -0.3 is 10.2 Å². The van der Waals surface area contributed by atoms with Crippen LogP contribution in [0.1, 0.15) is 5.56 Å². The van der Waals surface area contributed by atoms with E-state index in [1.807, 2.05) is 6.26 Å². The molecule has 0 saturated carbocycles. The molecule has 1 rings (SSSR count). The van der Waals surface area contributed by atoms with Crippen LogP contribution in [0.3, 0.4) is 0 Å². The Labute approximate surface area is 69.9 Å². The van der Waals surface area contributed by atoms with Crippen molar-refractivity contribution in [3.8, 4) is 5.75 Å². The van der Waals surface area contributed by atoms with Crippen molar-refractivity contribution in [2.45, 2.75) is 11.5 Å². The molecule has 60 valence electrons. The van der Waals surface area contributed by atoms with Crippen LogP contribution in [0.5, 0.6) is 5.75 Å². The predicted octanol–water partition coefficient (Wildman–Crippen LogP) is 1.61. The highest BCUT2D eigenvalue weighted by Crippen LogP contribution is 2.29. The maximum Gasteiger partial charge on any atom is 0.129 e. The van der Waals surface area contributed by atoms with Gasteiger partial charge in [0.1, 0.15) is 5.75 Å². The largest absolute Gasteiger partial charge is 0.507 e. The molecule has 0 bridgehead atoms. The molecular weight excluding hydrogens is 160 g/mol. The standard InChI is InChI=1S/C8H10O2S/c1-11-8-6(5-9)3-2-4-7(8)10/h2-4,9-10H,5H2,1H3. The summed E-state index contributed by atoms with van der Waals surface area (Å²) in [5.74, 6) is 0.240. The zero-order valence-corrected chi connectivity index (χ0v) is 7.06. The average Bonchev–Trinajstić information content (AvgIpc) is 2.04. The van der Waals surface area contributed by atoms with Crippen molar-refractivity contribution in [3.05, 3.63) is 23.8 Å². The second-order valence-electron chi connectivity index (χ2n) is 2.13. The van der Waals surface area contributed by atoms with Crippen LogP contribution < -0.4 is 0 Å². The Morgan fingerprint density at radius 1 is 1.45 bits per heavy atom. The van der Waals surface area contributed by atoms with Crippen LogP contribution in [-0.2, 0) is 6.61 Å². The van der Waals surface area contributed by atoms with E-state index in [9.17, 15) is 5.11 Å². The number of phenolic OH excluding ortho intramolecular Hbond substituents is 1. The highest BCUT2D eigenvalue weighted by molar-refractivity contribution is 7.98. The minimum Gasteiger partial charge on any atom is -0.507 e. The maximum atomic E-state index is 9.29. The molecule has 0 aliphatic rings. The SMILES string of the molecule is CSc1c(O)cccc1CO. The number of thioether (sulfide) groups is 1. The maximum absolute atomic E-state index is 9.29. The summed E-state index contributed by atoms with van der Waals surface area (Å²) < 4.78 is 0. The fourth-order valence-corrected chi connectivity index (χ4v) is 1.60. The summed E-state index contributed by atoms with van der Waals surface area (Å²) in [5, 5.41) is 18.1. The van der Waals surface area contributed by atoms with E-state index in [4.69, 9.17) is 5.11 Å². The predicted molar refractivity (Wildman–Crippen MR) is 45.8 cm³/mol. The molecule has 0 atom stereocenters. The van der Waals surface area contributed by atoms with Gasteiger partial charge in [-0.1, -0.05) is 12.1 Å². The first kappa shape index (κ1) is 8.43. The van der Waals surface area contributed by atoms with Crippen LogP contribution in [0.15, 0.2) is 23.1 Å². The minimum absolute atomic E-state index is 0.0232. The van der Waals surface area contributed by atoms with Crippen LogP contribution in [0.4, 0.5) is 0 Å². The summed E-state index contributed by atoms with van der Waals surface area (Å²) in [6.07, 6.45) is 1.87. The van der Waals surface area contributed by atoms with Gasteiger partial charge in [0.15, 0.2) is 0 Å². The van der Waals surface area contributed by atoms with Crippen LogP contribution in [-0.4, -0.2) is 16.5 Å². The highest BCUT2D eigenvalue weighted by Gasteiger charge is 2.03. The normalized spacial score (nSPS) is 10.0. The van der Waals surface area contributed by atoms with Crippen LogP contribution >= 0.6 is 11.8 Å². The number of aliphatic hydroxyl groups excluding tert-OH is 1. The van der Waals surface area contributed by atoms with Crippen LogP contribution in [0.2, 0.25) is 0 Å². The Kier molecular flexibility index (Phi) is 2.79. The van der Waals surface area contributed by atoms with E-state index in [0.29, 0.717) is 0 Å². The average molecular weight is 170 g/mol. The summed E-state index contributed by atoms with van der Waals surface area (Å²) in [6.45, 7) is -0.0232. The molecule has 0 amide bonds. The fraction of sp³-hybridized carbons (Fsp3) is 0.250. The van der Waals surface area contributed by atoms with E-state index in [1.54, 1.807) is 18.2 Å². The van der Waals surface area contributed by atoms with Gasteiger partial charge in [-0.3, -0.25) is 0 Å². The van der Waals surface area contributed by atoms with Crippen molar-refractivity contribution in [3.63, 3.8) is 0 Å². The van der Waals surface area contributed by atoms with Gasteiger partial charge in [0.25, 0.3) is 0 Å². The molecule has 0 aromatic heterocycles. The first-order valence-corrected chi connectivity index (χ1v) is 4.47. The van der Waals surface area contributed by atoms with Crippen LogP contribution in [0.25, 0.3) is 0 Å². The summed E-state index contributed by atoms with van der Waals surface area (Å²) in [5.41, 5.74) is 0.775. The van der Waals surface area contributed by atoms with Gasteiger partial charge in [-0.25, -0.2) is 0 Å². The van der Waals surface area contributed by atoms with Crippen molar-refractivity contribution in [1.29, 1.82) is 0 Å². The van der Waals surface area contributed by atoms with Crippen LogP contribution in [0, 0.1) is 0 Å². The molecule has 0 saturated heterocycles. The molecule has 3 heteroatoms. The molecule has 1 aromatic carbocycles. The molecular formula is C8H10O2S. The van der Waals surface area contributed by atoms with E-state index >= 15 is 0 Å². The highest BCUT2D eigenvalue weighted by atomic mass is 32.2. The van der Waals surface area contributed by atoms with E-state index in [0.717, 1.165) is 10.5 Å². The number of aliphatic hydroxyl groups is 1. The van der Waals surface area contributed by atoms with Gasteiger partial charge in [-0.15, -0.1) is 11.8 Å². The topological polar surface area (TPSA) is 40.5 Å². The van der Waals surface area contributed by atoms with Crippen molar-refractivity contribution >= 4 is 11.8 Å². The summed E-state index contributed by atoms with van der Waals surface area (Å²) >= 11 is 1.44. The number of rotatable bonds is 2. The lowest BCUT2D eigenvalue weighted by Gasteiger charge is -2.05. The second-order valence-corrected chi connectivity index (χ2v) is 2.94. The molecule has 0 unspecified atom stereocenters. The van der Waals surface area contributed by atoms with Gasteiger partial charge in [0, 0.05) is 0 Å². The van der Waals surface area contributed by atoms with Crippen molar-refractivity contribution in [2.75, 3.05) is 6.26 Å². The summed E-state index contributed by atoms with van der Waals surface area (Å²) in [6, 6.07) is 5.14. The Morgan fingerprint density at radius 3 is 2.64 bits per heavy atom. The third-order valence-corrected chi connectivity index (χ3v) is 2.33. The van der Waals surface area contributed by atoms with Gasteiger partial charge >= 0.3 is 0 Å². The number of hydrogen-bond donors (Lipinski definition) is 2. The molecule has 0 aliphatic carbocycles. The third-order valence-electron chi connectivity index (χ3n) is 1.45. The number of aromatic hydroxyl groups is 1. The van der Waals surface area contributed by atoms with Crippen molar-refractivity contribution < 1.29 is 10.2 Å². The third kappa shape index (κ3) is 1.67. The molecule has 0 radical (unpaired) electrons. The monoisotopic (exact) mass is 170 g/mol. The lowest BCUT2D eigenvalue weighted by atomic mass is 10.2. The molecule has 0 fully saturated rings. The molecule has 2 N–H and O–H groups in total. The first-order chi connectivity index (χ1) is 5.29. The Bertz CT molecular complexity index is 248. The van der Waals surface area contributed by atoms with Crippen molar-refractivity contribution in [1.82, 2.24) is 0 Å². The Hall–Kier alpha value is -0.670. The van der Waals surface area contributed by atoms with E-state index < -0.39 is 0 Å². The number of benzene rings is 1. The number of hydrogen-bond acceptors (Lipinski definition) is 3. The molecule has 1 aromatic rings. The van der Waals surface area contributed by atoms with Gasteiger partial charge in [-0.05, 0) is 17.9 Å². The Morgan fingerprint density at radius 2 is 2.18 bits per heavy atom. The second kappa shape index (κ2) is 3.64. The molecule has 0 spiro atoms. The van der Waals surface area contributed by atoms with Gasteiger partial charge in [0.05, 0.1) is 11.5 Å². The smallest absolute Gasteiger partial charge is 0.129 e. The van der Waals surface area contributed by atoms with E-state index in [1.165, 1.54) is 11.8 Å². The molecule has 0 aliphatic heterocycles. The summed E-state index contributed by atoms with van der Waals surface area (Å²) in [7, 11) is 0. The quantitative estimate of drug-likeness (QED) is 0.662. The Balaban J connectivity index is 3.13. The van der Waals surface area contributed by atoms with E-state index in [2.05, 4.69) is 0 Å². The minimum atomic E-state index is -0.0232. The van der Waals surface area contributed by atoms with E-state index in [-0.39, 0.29) is 12.4 Å². The lowest BCUT2D eigenvalue weighted by molar-refractivity contribution is 0.277. The summed E-state index contributed by atoms with van der Waals surface area (Å²) in [4.78, 5) is 0.759. The van der Waals surface area contributed by atoms with Gasteiger partial charge in [-0.2, -0.15) is 0 Å². The zero-order valence-electron chi connectivity index (χ0n) is 6.24. The zero-order chi connectivity index (χ0) is 8.27. The van der Waals surface area contributed by atoms with Gasteiger partial charge in [0.2, 0.25) is 0 Å².